The minimum absolute atomic E-state index is 0. The summed E-state index contributed by atoms with van der Waals surface area (Å²) in [5, 5.41) is 0. The van der Waals surface area contributed by atoms with Crippen LogP contribution in [0.2, 0.25) is 0 Å². The van der Waals surface area contributed by atoms with Crippen molar-refractivity contribution in [1.29, 1.82) is 0 Å². The van der Waals surface area contributed by atoms with Gasteiger partial charge in [-0.15, -0.1) is 0 Å². The Morgan fingerprint density at radius 3 is 0.870 bits per heavy atom. The Kier molecular flexibility index (Phi) is 12.7. The second-order valence-corrected chi connectivity index (χ2v) is 7.17. The Bertz CT molecular complexity index is 352. The Morgan fingerprint density at radius 2 is 0.783 bits per heavy atom. The third-order valence-corrected chi connectivity index (χ3v) is 5.17. The summed E-state index contributed by atoms with van der Waals surface area (Å²) in [6, 6.07) is 20.0. The fourth-order valence-corrected chi connectivity index (χ4v) is 1.89. The molecule has 126 valence electrons. The molecule has 0 unspecified atom stereocenters. The van der Waals surface area contributed by atoms with Crippen LogP contribution in [0.3, 0.4) is 0 Å². The largest absolute Gasteiger partial charge is 4.00 e. The predicted molar refractivity (Wildman–Crippen MR) is 101 cm³/mol. The Labute approximate surface area is 160 Å². The molecule has 0 aliphatic heterocycles. The zero-order valence-electron chi connectivity index (χ0n) is 16.3. The van der Waals surface area contributed by atoms with Crippen LogP contribution in [-0.4, -0.2) is 0 Å². The average molecular weight is 346 g/mol. The van der Waals surface area contributed by atoms with Gasteiger partial charge in [-0.3, -0.25) is 0 Å². The van der Waals surface area contributed by atoms with E-state index in [1.807, 2.05) is 60.7 Å². The van der Waals surface area contributed by atoms with Gasteiger partial charge in [-0.25, -0.2) is 24.3 Å². The van der Waals surface area contributed by atoms with Crippen LogP contribution in [0, 0.1) is 22.7 Å². The molecule has 0 spiro atoms. The summed E-state index contributed by atoms with van der Waals surface area (Å²) in [5.74, 6) is 3.02. The SMILES string of the molecule is C[C-](C)C(C)(C)C(C)(C)[C-](C)C.[Ti+4].c1cc[cH-]c1.c1cc[cH-]c1. The third kappa shape index (κ3) is 8.73. The van der Waals surface area contributed by atoms with Gasteiger partial charge in [0, 0.05) is 0 Å². The molecule has 0 nitrogen and oxygen atoms in total. The molecule has 0 N–H and O–H groups in total. The zero-order chi connectivity index (χ0) is 17.2. The molecule has 23 heavy (non-hydrogen) atoms. The van der Waals surface area contributed by atoms with E-state index >= 15 is 0 Å². The monoisotopic (exact) mass is 346 g/mol. The summed E-state index contributed by atoms with van der Waals surface area (Å²) in [7, 11) is 0. The Hall–Kier alpha value is -0.586. The van der Waals surface area contributed by atoms with Gasteiger partial charge in [-0.05, 0) is 0 Å². The van der Waals surface area contributed by atoms with Crippen molar-refractivity contribution in [3.05, 3.63) is 72.5 Å². The quantitative estimate of drug-likeness (QED) is 0.411. The minimum Gasteiger partial charge on any atom is -0.316 e. The van der Waals surface area contributed by atoms with Crippen LogP contribution in [0.25, 0.3) is 0 Å². The first-order chi connectivity index (χ1) is 10.1. The van der Waals surface area contributed by atoms with Crippen LogP contribution in [0.5, 0.6) is 0 Å². The molecule has 0 saturated carbocycles. The summed E-state index contributed by atoms with van der Waals surface area (Å²) < 4.78 is 0. The van der Waals surface area contributed by atoms with Gasteiger partial charge in [0.15, 0.2) is 0 Å². The fourth-order valence-electron chi connectivity index (χ4n) is 1.89. The third-order valence-electron chi connectivity index (χ3n) is 5.17. The second kappa shape index (κ2) is 11.9. The van der Waals surface area contributed by atoms with Gasteiger partial charge in [-0.2, -0.15) is 74.9 Å². The number of rotatable bonds is 3. The van der Waals surface area contributed by atoms with Gasteiger partial charge in [-0.1, -0.05) is 27.7 Å². The molecule has 0 atom stereocenters. The zero-order valence-corrected chi connectivity index (χ0v) is 17.8. The molecule has 0 fully saturated rings. The van der Waals surface area contributed by atoms with Crippen molar-refractivity contribution in [3.63, 3.8) is 0 Å². The summed E-state index contributed by atoms with van der Waals surface area (Å²) >= 11 is 0. The van der Waals surface area contributed by atoms with Gasteiger partial charge in [0.2, 0.25) is 0 Å². The normalized spacial score (nSPS) is 11.0. The second-order valence-electron chi connectivity index (χ2n) is 7.17. The fraction of sp³-hybridized carbons (Fsp3) is 0.455. The van der Waals surface area contributed by atoms with Crippen LogP contribution < -0.4 is 0 Å². The smallest absolute Gasteiger partial charge is 0.316 e. The van der Waals surface area contributed by atoms with Crippen molar-refractivity contribution in [2.24, 2.45) is 10.8 Å². The summed E-state index contributed by atoms with van der Waals surface area (Å²) in [6.07, 6.45) is 0. The van der Waals surface area contributed by atoms with Crippen molar-refractivity contribution >= 4 is 0 Å². The molecule has 1 heteroatoms. The van der Waals surface area contributed by atoms with E-state index in [9.17, 15) is 0 Å². The van der Waals surface area contributed by atoms with Gasteiger partial charge in [0.25, 0.3) is 0 Å². The molecule has 0 aliphatic rings. The van der Waals surface area contributed by atoms with Crippen molar-refractivity contribution in [3.8, 4) is 0 Å². The Morgan fingerprint density at radius 1 is 0.565 bits per heavy atom. The van der Waals surface area contributed by atoms with E-state index in [1.54, 1.807) is 0 Å². The average Bonchev–Trinajstić information content (AvgIpc) is 3.16. The summed E-state index contributed by atoms with van der Waals surface area (Å²) in [6.45, 7) is 18.2. The molecule has 2 rings (SSSR count). The van der Waals surface area contributed by atoms with Crippen molar-refractivity contribution in [2.45, 2.75) is 55.4 Å². The summed E-state index contributed by atoms with van der Waals surface area (Å²) in [4.78, 5) is 0. The van der Waals surface area contributed by atoms with Crippen LogP contribution in [0.4, 0.5) is 0 Å². The van der Waals surface area contributed by atoms with E-state index in [4.69, 9.17) is 0 Å². The Balaban J connectivity index is 0. The molecule has 0 aliphatic carbocycles. The maximum absolute atomic E-state index is 2.33. The van der Waals surface area contributed by atoms with Crippen LogP contribution in [0.1, 0.15) is 55.4 Å². The van der Waals surface area contributed by atoms with Crippen molar-refractivity contribution in [1.82, 2.24) is 0 Å². The van der Waals surface area contributed by atoms with E-state index in [0.29, 0.717) is 10.8 Å². The van der Waals surface area contributed by atoms with E-state index in [1.165, 1.54) is 11.8 Å². The topological polar surface area (TPSA) is 0 Å². The molecule has 0 radical (unpaired) electrons. The molecule has 0 amide bonds. The van der Waals surface area contributed by atoms with Crippen LogP contribution in [-0.2, 0) is 21.7 Å². The van der Waals surface area contributed by atoms with Gasteiger partial charge in [0.1, 0.15) is 0 Å². The van der Waals surface area contributed by atoms with Crippen molar-refractivity contribution in [2.75, 3.05) is 0 Å². The van der Waals surface area contributed by atoms with E-state index < -0.39 is 0 Å². The standard InChI is InChI=1S/C12H24.2C5H5.Ti/c1-9(2)11(5,6)12(7,8)10(3)4;2*1-2-4-5-3-1;/h1-8H3;2*1-5H;/q-2;2*-1;+4. The number of hydrogen-bond acceptors (Lipinski definition) is 0. The molecule has 2 aromatic rings. The van der Waals surface area contributed by atoms with Gasteiger partial charge in [0.05, 0.1) is 0 Å². The van der Waals surface area contributed by atoms with Gasteiger partial charge >= 0.3 is 21.7 Å². The molecule has 2 aromatic carbocycles. The van der Waals surface area contributed by atoms with E-state index in [-0.39, 0.29) is 21.7 Å². The van der Waals surface area contributed by atoms with E-state index in [0.717, 1.165) is 0 Å². The molecule has 0 bridgehead atoms. The predicted octanol–water partition coefficient (Wildman–Crippen LogP) is 7.08. The minimum atomic E-state index is 0. The number of hydrogen-bond donors (Lipinski definition) is 0. The molecule has 0 aromatic heterocycles. The maximum atomic E-state index is 2.33. The first-order valence-corrected chi connectivity index (χ1v) is 8.08. The summed E-state index contributed by atoms with van der Waals surface area (Å²) in [5.41, 5.74) is 0.595. The maximum Gasteiger partial charge on any atom is 4.00 e. The van der Waals surface area contributed by atoms with E-state index in [2.05, 4.69) is 55.4 Å². The molecular weight excluding hydrogens is 312 g/mol. The molecule has 0 heterocycles. The molecule has 0 saturated heterocycles. The van der Waals surface area contributed by atoms with Gasteiger partial charge < -0.3 is 11.8 Å². The molecular formula is C22H34Ti. The first kappa shape index (κ1) is 24.7. The first-order valence-electron chi connectivity index (χ1n) is 8.08. The van der Waals surface area contributed by atoms with Crippen LogP contribution >= 0.6 is 0 Å². The van der Waals surface area contributed by atoms with Crippen LogP contribution in [0.15, 0.2) is 60.7 Å². The van der Waals surface area contributed by atoms with Crippen molar-refractivity contribution < 1.29 is 21.7 Å².